The molecule has 0 unspecified atom stereocenters. The molecule has 2 amide bonds. The number of hydrogen-bond acceptors (Lipinski definition) is 5. The summed E-state index contributed by atoms with van der Waals surface area (Å²) in [5.41, 5.74) is 2.26. The van der Waals surface area contributed by atoms with E-state index in [1.807, 2.05) is 16.8 Å². The van der Waals surface area contributed by atoms with Gasteiger partial charge in [0.05, 0.1) is 29.6 Å². The summed E-state index contributed by atoms with van der Waals surface area (Å²) in [5.74, 6) is -0.193. The summed E-state index contributed by atoms with van der Waals surface area (Å²) in [6, 6.07) is 1.82. The lowest BCUT2D eigenvalue weighted by Crippen LogP contribution is -2.61. The molecule has 0 spiro atoms. The maximum atomic E-state index is 12.8. The van der Waals surface area contributed by atoms with Gasteiger partial charge in [-0.1, -0.05) is 0 Å². The van der Waals surface area contributed by atoms with Gasteiger partial charge in [-0.25, -0.2) is 0 Å². The Morgan fingerprint density at radius 3 is 3.22 bits per heavy atom. The van der Waals surface area contributed by atoms with Gasteiger partial charge in [0.25, 0.3) is 5.91 Å². The predicted octanol–water partition coefficient (Wildman–Crippen LogP) is 0.868. The van der Waals surface area contributed by atoms with Crippen LogP contribution in [0.2, 0.25) is 0 Å². The van der Waals surface area contributed by atoms with Gasteiger partial charge in [-0.05, 0) is 17.9 Å². The number of thiophene rings is 1. The molecule has 0 aliphatic carbocycles. The number of piperidine rings is 1. The van der Waals surface area contributed by atoms with Crippen LogP contribution in [0, 0.1) is 0 Å². The predicted molar refractivity (Wildman–Crippen MR) is 84.1 cm³/mol. The van der Waals surface area contributed by atoms with Gasteiger partial charge in [-0.2, -0.15) is 16.4 Å². The van der Waals surface area contributed by atoms with Crippen LogP contribution in [0.1, 0.15) is 16.8 Å². The van der Waals surface area contributed by atoms with Crippen molar-refractivity contribution in [3.8, 4) is 11.3 Å². The third-order valence-electron chi connectivity index (χ3n) is 4.29. The van der Waals surface area contributed by atoms with E-state index in [1.165, 1.54) is 0 Å². The summed E-state index contributed by atoms with van der Waals surface area (Å²) in [5, 5.41) is 13.8. The van der Waals surface area contributed by atoms with Crippen molar-refractivity contribution in [3.63, 3.8) is 0 Å². The number of carbonyl (C=O) groups is 2. The summed E-state index contributed by atoms with van der Waals surface area (Å²) in [7, 11) is 0. The molecule has 2 saturated heterocycles. The van der Waals surface area contributed by atoms with Crippen LogP contribution in [-0.4, -0.2) is 58.8 Å². The highest BCUT2D eigenvalue weighted by atomic mass is 32.1. The minimum atomic E-state index is -0.134. The van der Waals surface area contributed by atoms with Crippen molar-refractivity contribution in [2.24, 2.45) is 0 Å². The van der Waals surface area contributed by atoms with Crippen molar-refractivity contribution < 1.29 is 14.3 Å². The molecular formula is C15H16N4O3S. The van der Waals surface area contributed by atoms with Crippen LogP contribution in [0.5, 0.6) is 0 Å². The number of rotatable bonds is 2. The monoisotopic (exact) mass is 332 g/mol. The van der Waals surface area contributed by atoms with E-state index in [9.17, 15) is 9.59 Å². The smallest absolute Gasteiger partial charge is 0.257 e. The number of fused-ring (bicyclic) bond motifs is 1. The van der Waals surface area contributed by atoms with Crippen molar-refractivity contribution in [2.75, 3.05) is 19.7 Å². The Morgan fingerprint density at radius 1 is 1.48 bits per heavy atom. The first-order valence-corrected chi connectivity index (χ1v) is 8.43. The molecule has 4 heterocycles. The fourth-order valence-electron chi connectivity index (χ4n) is 3.13. The SMILES string of the molecule is O=C1CO[C@@H]2CCN(C(=O)c3cn[nH]c3-c3ccsc3)C[C@H]2N1. The molecule has 120 valence electrons. The molecule has 2 aromatic rings. The Kier molecular flexibility index (Phi) is 3.62. The molecular weight excluding hydrogens is 316 g/mol. The van der Waals surface area contributed by atoms with E-state index in [1.54, 1.807) is 22.4 Å². The molecule has 0 radical (unpaired) electrons. The highest BCUT2D eigenvalue weighted by Gasteiger charge is 2.37. The van der Waals surface area contributed by atoms with E-state index >= 15 is 0 Å². The van der Waals surface area contributed by atoms with Crippen molar-refractivity contribution in [3.05, 3.63) is 28.6 Å². The molecule has 0 saturated carbocycles. The zero-order valence-electron chi connectivity index (χ0n) is 12.3. The second kappa shape index (κ2) is 5.78. The lowest BCUT2D eigenvalue weighted by atomic mass is 9.99. The van der Waals surface area contributed by atoms with E-state index in [4.69, 9.17) is 4.74 Å². The number of aromatic amines is 1. The molecule has 0 aromatic carbocycles. The highest BCUT2D eigenvalue weighted by molar-refractivity contribution is 7.08. The van der Waals surface area contributed by atoms with Gasteiger partial charge in [0.2, 0.25) is 5.91 Å². The number of amides is 2. The van der Waals surface area contributed by atoms with Crippen LogP contribution in [-0.2, 0) is 9.53 Å². The minimum Gasteiger partial charge on any atom is -0.366 e. The first kappa shape index (κ1) is 14.4. The van der Waals surface area contributed by atoms with Gasteiger partial charge in [-0.15, -0.1) is 0 Å². The second-order valence-electron chi connectivity index (χ2n) is 5.73. The Morgan fingerprint density at radius 2 is 2.39 bits per heavy atom. The Hall–Kier alpha value is -2.19. The topological polar surface area (TPSA) is 87.3 Å². The molecule has 2 aliphatic rings. The molecule has 4 rings (SSSR count). The van der Waals surface area contributed by atoms with Crippen LogP contribution in [0.15, 0.2) is 23.0 Å². The normalized spacial score (nSPS) is 24.2. The highest BCUT2D eigenvalue weighted by Crippen LogP contribution is 2.26. The first-order valence-electron chi connectivity index (χ1n) is 7.48. The average molecular weight is 332 g/mol. The Bertz CT molecular complexity index is 727. The lowest BCUT2D eigenvalue weighted by molar-refractivity contribution is -0.139. The van der Waals surface area contributed by atoms with E-state index < -0.39 is 0 Å². The summed E-state index contributed by atoms with van der Waals surface area (Å²) in [6.45, 7) is 1.19. The van der Waals surface area contributed by atoms with Gasteiger partial charge in [0.1, 0.15) is 6.61 Å². The van der Waals surface area contributed by atoms with E-state index in [-0.39, 0.29) is 30.6 Å². The fraction of sp³-hybridized carbons (Fsp3) is 0.400. The molecule has 23 heavy (non-hydrogen) atoms. The van der Waals surface area contributed by atoms with Gasteiger partial charge >= 0.3 is 0 Å². The van der Waals surface area contributed by atoms with Crippen LogP contribution in [0.4, 0.5) is 0 Å². The lowest BCUT2D eigenvalue weighted by Gasteiger charge is -2.41. The van der Waals surface area contributed by atoms with E-state index in [2.05, 4.69) is 15.5 Å². The van der Waals surface area contributed by atoms with E-state index in [0.717, 1.165) is 17.7 Å². The second-order valence-corrected chi connectivity index (χ2v) is 6.51. The molecule has 2 atom stereocenters. The van der Waals surface area contributed by atoms with Gasteiger partial charge in [-0.3, -0.25) is 14.7 Å². The van der Waals surface area contributed by atoms with Crippen molar-refractivity contribution in [1.82, 2.24) is 20.4 Å². The third-order valence-corrected chi connectivity index (χ3v) is 4.97. The molecule has 2 aliphatic heterocycles. The molecule has 2 aromatic heterocycles. The number of hydrogen-bond donors (Lipinski definition) is 2. The molecule has 0 bridgehead atoms. The largest absolute Gasteiger partial charge is 0.366 e. The Labute approximate surface area is 136 Å². The van der Waals surface area contributed by atoms with Gasteiger partial charge in [0.15, 0.2) is 0 Å². The number of ether oxygens (including phenoxy) is 1. The van der Waals surface area contributed by atoms with Gasteiger partial charge < -0.3 is 15.0 Å². The molecule has 2 N–H and O–H groups in total. The quantitative estimate of drug-likeness (QED) is 0.854. The fourth-order valence-corrected chi connectivity index (χ4v) is 3.78. The summed E-state index contributed by atoms with van der Waals surface area (Å²) in [4.78, 5) is 26.1. The number of morpholine rings is 1. The van der Waals surface area contributed by atoms with E-state index in [0.29, 0.717) is 18.7 Å². The molecule has 7 nitrogen and oxygen atoms in total. The number of carbonyl (C=O) groups excluding carboxylic acids is 2. The van der Waals surface area contributed by atoms with Crippen molar-refractivity contribution in [2.45, 2.75) is 18.6 Å². The summed E-state index contributed by atoms with van der Waals surface area (Å²) >= 11 is 1.57. The zero-order chi connectivity index (χ0) is 15.8. The molecule has 8 heteroatoms. The standard InChI is InChI=1S/C15H16N4O3S/c20-13-7-22-12-1-3-19(6-11(12)17-13)15(21)10-5-16-18-14(10)9-2-4-23-8-9/h2,4-5,8,11-12H,1,3,6-7H2,(H,16,18)(H,17,20)/t11-,12-/m1/s1. The van der Waals surface area contributed by atoms with Crippen molar-refractivity contribution in [1.29, 1.82) is 0 Å². The number of aromatic nitrogens is 2. The first-order chi connectivity index (χ1) is 11.2. The number of H-pyrrole nitrogens is 1. The van der Waals surface area contributed by atoms with Crippen LogP contribution >= 0.6 is 11.3 Å². The maximum absolute atomic E-state index is 12.8. The van der Waals surface area contributed by atoms with Crippen molar-refractivity contribution >= 4 is 23.2 Å². The number of nitrogens with one attached hydrogen (secondary N) is 2. The number of nitrogens with zero attached hydrogens (tertiary/aromatic N) is 2. The zero-order valence-corrected chi connectivity index (χ0v) is 13.1. The third kappa shape index (κ3) is 2.64. The maximum Gasteiger partial charge on any atom is 0.257 e. The van der Waals surface area contributed by atoms with Gasteiger partial charge in [0, 0.05) is 24.0 Å². The summed E-state index contributed by atoms with van der Waals surface area (Å²) < 4.78 is 5.53. The Balaban J connectivity index is 1.54. The number of likely N-dealkylation sites (tertiary alicyclic amines) is 1. The van der Waals surface area contributed by atoms with Crippen LogP contribution in [0.25, 0.3) is 11.3 Å². The van der Waals surface area contributed by atoms with Crippen LogP contribution in [0.3, 0.4) is 0 Å². The van der Waals surface area contributed by atoms with Crippen LogP contribution < -0.4 is 5.32 Å². The molecule has 2 fully saturated rings. The summed E-state index contributed by atoms with van der Waals surface area (Å²) in [6.07, 6.45) is 2.29. The average Bonchev–Trinajstić information content (AvgIpc) is 3.24. The minimum absolute atomic E-state index is 0.00237.